The number of hydrogen-bond acceptors (Lipinski definition) is 9. The Hall–Kier alpha value is -4.20. The summed E-state index contributed by atoms with van der Waals surface area (Å²) in [7, 11) is -3.19. The molecule has 10 heteroatoms. The second kappa shape index (κ2) is 11.5. The van der Waals surface area contributed by atoms with Crippen LogP contribution in [-0.2, 0) is 16.4 Å². The lowest BCUT2D eigenvalue weighted by molar-refractivity contribution is 0.211. The predicted octanol–water partition coefficient (Wildman–Crippen LogP) is 5.50. The zero-order valence-electron chi connectivity index (χ0n) is 22.7. The fourth-order valence-electron chi connectivity index (χ4n) is 4.92. The van der Waals surface area contributed by atoms with E-state index in [0.717, 1.165) is 54.7 Å². The van der Waals surface area contributed by atoms with Gasteiger partial charge in [0.1, 0.15) is 5.75 Å². The molecule has 0 saturated carbocycles. The molecular formula is C30H31N5O4S. The SMILES string of the molecule is Cc1cc(C#N)cc(C)c1Oc1nc(NC2CCN(Cc3ccc(S(C)(=O)=O)cc3)CC2)ncc1-c1ccoc1. The van der Waals surface area contributed by atoms with E-state index < -0.39 is 9.84 Å². The number of sulfone groups is 1. The van der Waals surface area contributed by atoms with Gasteiger partial charge in [-0.2, -0.15) is 10.2 Å². The van der Waals surface area contributed by atoms with Crippen molar-refractivity contribution < 1.29 is 17.6 Å². The van der Waals surface area contributed by atoms with Crippen LogP contribution >= 0.6 is 0 Å². The van der Waals surface area contributed by atoms with Crippen LogP contribution in [0.3, 0.4) is 0 Å². The fourth-order valence-corrected chi connectivity index (χ4v) is 5.55. The topological polar surface area (TPSA) is 121 Å². The molecule has 0 spiro atoms. The van der Waals surface area contributed by atoms with Crippen molar-refractivity contribution in [1.29, 1.82) is 5.26 Å². The second-order valence-corrected chi connectivity index (χ2v) is 12.2. The van der Waals surface area contributed by atoms with Crippen molar-refractivity contribution >= 4 is 15.8 Å². The fraction of sp³-hybridized carbons (Fsp3) is 0.300. The Morgan fingerprint density at radius 3 is 2.42 bits per heavy atom. The number of rotatable bonds is 8. The van der Waals surface area contributed by atoms with Gasteiger partial charge in [0.15, 0.2) is 9.84 Å². The lowest BCUT2D eigenvalue weighted by Gasteiger charge is -2.32. The van der Waals surface area contributed by atoms with E-state index >= 15 is 0 Å². The summed E-state index contributed by atoms with van der Waals surface area (Å²) in [6.45, 7) is 6.38. The largest absolute Gasteiger partial charge is 0.472 e. The summed E-state index contributed by atoms with van der Waals surface area (Å²) in [4.78, 5) is 12.0. The molecule has 1 N–H and O–H groups in total. The van der Waals surface area contributed by atoms with Crippen molar-refractivity contribution in [1.82, 2.24) is 14.9 Å². The number of benzene rings is 2. The third-order valence-electron chi connectivity index (χ3n) is 7.05. The Bertz CT molecular complexity index is 1610. The first-order valence-electron chi connectivity index (χ1n) is 13.1. The van der Waals surface area contributed by atoms with Crippen molar-refractivity contribution in [3.63, 3.8) is 0 Å². The number of anilines is 1. The van der Waals surface area contributed by atoms with Gasteiger partial charge in [-0.25, -0.2) is 13.4 Å². The molecule has 1 aliphatic heterocycles. The van der Waals surface area contributed by atoms with E-state index in [0.29, 0.717) is 33.6 Å². The molecule has 0 radical (unpaired) electrons. The highest BCUT2D eigenvalue weighted by Gasteiger charge is 2.22. The summed E-state index contributed by atoms with van der Waals surface area (Å²) in [6.07, 6.45) is 8.01. The minimum absolute atomic E-state index is 0.204. The van der Waals surface area contributed by atoms with E-state index in [1.54, 1.807) is 43.0 Å². The van der Waals surface area contributed by atoms with E-state index in [-0.39, 0.29) is 6.04 Å². The van der Waals surface area contributed by atoms with Crippen LogP contribution in [0.1, 0.15) is 35.1 Å². The molecular weight excluding hydrogens is 526 g/mol. The van der Waals surface area contributed by atoms with Crippen LogP contribution in [0.2, 0.25) is 0 Å². The highest BCUT2D eigenvalue weighted by molar-refractivity contribution is 7.90. The molecule has 0 atom stereocenters. The number of piperidine rings is 1. The van der Waals surface area contributed by atoms with Gasteiger partial charge >= 0.3 is 0 Å². The first kappa shape index (κ1) is 27.4. The lowest BCUT2D eigenvalue weighted by Crippen LogP contribution is -2.39. The summed E-state index contributed by atoms with van der Waals surface area (Å²) < 4.78 is 35.1. The van der Waals surface area contributed by atoms with Crippen molar-refractivity contribution in [2.75, 3.05) is 24.7 Å². The second-order valence-electron chi connectivity index (χ2n) is 10.2. The van der Waals surface area contributed by atoms with E-state index in [1.165, 1.54) is 6.26 Å². The molecule has 2 aromatic heterocycles. The molecule has 0 aliphatic carbocycles. The molecule has 5 rings (SSSR count). The number of nitrogens with zero attached hydrogens (tertiary/aromatic N) is 4. The molecule has 1 aliphatic rings. The number of likely N-dealkylation sites (tertiary alicyclic amines) is 1. The zero-order chi connectivity index (χ0) is 28.3. The monoisotopic (exact) mass is 557 g/mol. The Kier molecular flexibility index (Phi) is 7.87. The molecule has 1 saturated heterocycles. The average molecular weight is 558 g/mol. The number of nitrogens with one attached hydrogen (secondary N) is 1. The van der Waals surface area contributed by atoms with Crippen molar-refractivity contribution in [2.24, 2.45) is 0 Å². The number of ether oxygens (including phenoxy) is 1. The van der Waals surface area contributed by atoms with Gasteiger partial charge in [-0.1, -0.05) is 12.1 Å². The lowest BCUT2D eigenvalue weighted by atomic mass is 10.0. The predicted molar refractivity (Wildman–Crippen MR) is 152 cm³/mol. The Labute approximate surface area is 234 Å². The molecule has 2 aromatic carbocycles. The van der Waals surface area contributed by atoms with Gasteiger partial charge in [0, 0.05) is 43.7 Å². The van der Waals surface area contributed by atoms with Crippen LogP contribution in [0.15, 0.2) is 70.5 Å². The number of aromatic nitrogens is 2. The Morgan fingerprint density at radius 2 is 1.82 bits per heavy atom. The summed E-state index contributed by atoms with van der Waals surface area (Å²) in [5.74, 6) is 1.55. The molecule has 0 amide bonds. The van der Waals surface area contributed by atoms with Crippen LogP contribution in [0, 0.1) is 25.2 Å². The van der Waals surface area contributed by atoms with E-state index in [1.807, 2.05) is 32.0 Å². The van der Waals surface area contributed by atoms with E-state index in [2.05, 4.69) is 21.3 Å². The van der Waals surface area contributed by atoms with Gasteiger partial charge in [0.05, 0.1) is 34.6 Å². The first-order valence-corrected chi connectivity index (χ1v) is 15.0. The quantitative estimate of drug-likeness (QED) is 0.299. The third kappa shape index (κ3) is 6.33. The Balaban J connectivity index is 1.27. The summed E-state index contributed by atoms with van der Waals surface area (Å²) in [5, 5.41) is 12.8. The molecule has 4 aromatic rings. The summed E-state index contributed by atoms with van der Waals surface area (Å²) in [5.41, 5.74) is 4.89. The molecule has 206 valence electrons. The van der Waals surface area contributed by atoms with Gasteiger partial charge in [0.25, 0.3) is 0 Å². The van der Waals surface area contributed by atoms with Gasteiger partial charge < -0.3 is 14.5 Å². The van der Waals surface area contributed by atoms with Crippen LogP contribution < -0.4 is 10.1 Å². The summed E-state index contributed by atoms with van der Waals surface area (Å²) >= 11 is 0. The summed E-state index contributed by atoms with van der Waals surface area (Å²) in [6, 6.07) is 14.9. The highest BCUT2D eigenvalue weighted by Crippen LogP contribution is 2.36. The normalized spacial score (nSPS) is 14.6. The van der Waals surface area contributed by atoms with Crippen molar-refractivity contribution in [2.45, 2.75) is 44.2 Å². The maximum absolute atomic E-state index is 11.7. The van der Waals surface area contributed by atoms with E-state index in [4.69, 9.17) is 14.1 Å². The van der Waals surface area contributed by atoms with Crippen molar-refractivity contribution in [3.05, 3.63) is 83.4 Å². The maximum atomic E-state index is 11.7. The average Bonchev–Trinajstić information content (AvgIpc) is 3.46. The highest BCUT2D eigenvalue weighted by atomic mass is 32.2. The number of hydrogen-bond donors (Lipinski definition) is 1. The van der Waals surface area contributed by atoms with Gasteiger partial charge in [0.2, 0.25) is 11.8 Å². The number of nitriles is 1. The molecule has 1 fully saturated rings. The van der Waals surface area contributed by atoms with Crippen LogP contribution in [0.4, 0.5) is 5.95 Å². The minimum Gasteiger partial charge on any atom is -0.472 e. The van der Waals surface area contributed by atoms with Crippen LogP contribution in [0.25, 0.3) is 11.1 Å². The first-order chi connectivity index (χ1) is 19.2. The molecule has 0 bridgehead atoms. The minimum atomic E-state index is -3.19. The molecule has 40 heavy (non-hydrogen) atoms. The number of furan rings is 1. The zero-order valence-corrected chi connectivity index (χ0v) is 23.5. The molecule has 3 heterocycles. The maximum Gasteiger partial charge on any atom is 0.232 e. The van der Waals surface area contributed by atoms with Gasteiger partial charge in [-0.05, 0) is 73.7 Å². The smallest absolute Gasteiger partial charge is 0.232 e. The molecule has 0 unspecified atom stereocenters. The van der Waals surface area contributed by atoms with Gasteiger partial charge in [-0.3, -0.25) is 4.90 Å². The number of aryl methyl sites for hydroxylation is 2. The van der Waals surface area contributed by atoms with Gasteiger partial charge in [-0.15, -0.1) is 0 Å². The van der Waals surface area contributed by atoms with Crippen molar-refractivity contribution in [3.8, 4) is 28.8 Å². The molecule has 9 nitrogen and oxygen atoms in total. The Morgan fingerprint density at radius 1 is 1.12 bits per heavy atom. The van der Waals surface area contributed by atoms with Crippen LogP contribution in [0.5, 0.6) is 11.6 Å². The third-order valence-corrected chi connectivity index (χ3v) is 8.18. The van der Waals surface area contributed by atoms with E-state index in [9.17, 15) is 13.7 Å². The standard InChI is InChI=1S/C30H31N5O4S/c1-20-14-23(16-31)15-21(2)28(20)39-29-27(24-10-13-38-19-24)17-32-30(34-29)33-25-8-11-35(12-9-25)18-22-4-6-26(7-5-22)40(3,36)37/h4-7,10,13-15,17,19,25H,8-9,11-12,18H2,1-3H3,(H,32,33,34). The van der Waals surface area contributed by atoms with Crippen LogP contribution in [-0.4, -0.2) is 48.7 Å².